The van der Waals surface area contributed by atoms with Crippen LogP contribution in [0.3, 0.4) is 0 Å². The molecule has 0 atom stereocenters. The number of esters is 1. The summed E-state index contributed by atoms with van der Waals surface area (Å²) in [5.41, 5.74) is 1.01. The van der Waals surface area contributed by atoms with E-state index in [1.54, 1.807) is 0 Å². The maximum absolute atomic E-state index is 11.8. The molecule has 0 heterocycles. The van der Waals surface area contributed by atoms with E-state index in [-0.39, 0.29) is 5.97 Å². The third kappa shape index (κ3) is 13.3. The zero-order valence-electron chi connectivity index (χ0n) is 17.6. The minimum atomic E-state index is -0.0859. The predicted octanol–water partition coefficient (Wildman–Crippen LogP) is 7.22. The first-order valence-corrected chi connectivity index (χ1v) is 11.1. The van der Waals surface area contributed by atoms with Gasteiger partial charge < -0.3 is 9.47 Å². The van der Waals surface area contributed by atoms with Gasteiger partial charge in [-0.15, -0.1) is 0 Å². The van der Waals surface area contributed by atoms with Gasteiger partial charge in [-0.25, -0.2) is 0 Å². The Morgan fingerprint density at radius 1 is 0.741 bits per heavy atom. The molecule has 0 saturated carbocycles. The summed E-state index contributed by atoms with van der Waals surface area (Å²) in [6.07, 6.45) is 15.7. The Morgan fingerprint density at radius 2 is 1.30 bits per heavy atom. The van der Waals surface area contributed by atoms with E-state index in [1.165, 1.54) is 57.8 Å². The zero-order valence-corrected chi connectivity index (χ0v) is 17.6. The van der Waals surface area contributed by atoms with Crippen molar-refractivity contribution in [3.8, 4) is 5.75 Å². The highest BCUT2D eigenvalue weighted by Gasteiger charge is 2.04. The summed E-state index contributed by atoms with van der Waals surface area (Å²) in [4.78, 5) is 11.8. The third-order valence-electron chi connectivity index (χ3n) is 4.78. The SMILES string of the molecule is CCCCCCCCCCCCCC(=O)OCc1ccc(OCCC)cc1. The Balaban J connectivity index is 1.95. The Hall–Kier alpha value is -1.51. The van der Waals surface area contributed by atoms with E-state index in [0.29, 0.717) is 13.0 Å². The van der Waals surface area contributed by atoms with E-state index < -0.39 is 0 Å². The van der Waals surface area contributed by atoms with E-state index in [1.807, 2.05) is 24.3 Å². The summed E-state index contributed by atoms with van der Waals surface area (Å²) in [7, 11) is 0. The maximum Gasteiger partial charge on any atom is 0.306 e. The second kappa shape index (κ2) is 16.6. The second-order valence-electron chi connectivity index (χ2n) is 7.44. The number of unbranched alkanes of at least 4 members (excludes halogenated alkanes) is 10. The lowest BCUT2D eigenvalue weighted by Gasteiger charge is -2.07. The first-order chi connectivity index (χ1) is 13.3. The van der Waals surface area contributed by atoms with E-state index in [9.17, 15) is 4.79 Å². The maximum atomic E-state index is 11.8. The highest BCUT2D eigenvalue weighted by molar-refractivity contribution is 5.69. The smallest absolute Gasteiger partial charge is 0.306 e. The zero-order chi connectivity index (χ0) is 19.6. The fraction of sp³-hybridized carbons (Fsp3) is 0.708. The van der Waals surface area contributed by atoms with Crippen LogP contribution in [0.2, 0.25) is 0 Å². The molecular formula is C24H40O3. The number of carbonyl (C=O) groups excluding carboxylic acids is 1. The molecule has 3 heteroatoms. The highest BCUT2D eigenvalue weighted by Crippen LogP contribution is 2.14. The fourth-order valence-corrected chi connectivity index (χ4v) is 3.07. The van der Waals surface area contributed by atoms with Gasteiger partial charge in [0.1, 0.15) is 12.4 Å². The molecular weight excluding hydrogens is 336 g/mol. The van der Waals surface area contributed by atoms with Gasteiger partial charge in [0, 0.05) is 6.42 Å². The highest BCUT2D eigenvalue weighted by atomic mass is 16.5. The van der Waals surface area contributed by atoms with Gasteiger partial charge in [0.2, 0.25) is 0 Å². The molecule has 0 aromatic heterocycles. The van der Waals surface area contributed by atoms with E-state index >= 15 is 0 Å². The van der Waals surface area contributed by atoms with Gasteiger partial charge in [-0.2, -0.15) is 0 Å². The average molecular weight is 377 g/mol. The summed E-state index contributed by atoms with van der Waals surface area (Å²) in [6, 6.07) is 7.78. The molecule has 0 unspecified atom stereocenters. The van der Waals surface area contributed by atoms with Crippen molar-refractivity contribution >= 4 is 5.97 Å². The summed E-state index contributed by atoms with van der Waals surface area (Å²) in [6.45, 7) is 5.43. The molecule has 0 aliphatic heterocycles. The number of ether oxygens (including phenoxy) is 2. The topological polar surface area (TPSA) is 35.5 Å². The van der Waals surface area contributed by atoms with Crippen LogP contribution in [0.4, 0.5) is 0 Å². The Bertz CT molecular complexity index is 467. The minimum absolute atomic E-state index is 0.0859. The van der Waals surface area contributed by atoms with E-state index in [4.69, 9.17) is 9.47 Å². The van der Waals surface area contributed by atoms with Crippen LogP contribution in [-0.4, -0.2) is 12.6 Å². The lowest BCUT2D eigenvalue weighted by Crippen LogP contribution is -2.04. The van der Waals surface area contributed by atoms with Crippen LogP contribution < -0.4 is 4.74 Å². The summed E-state index contributed by atoms with van der Waals surface area (Å²) in [5, 5.41) is 0. The van der Waals surface area contributed by atoms with Crippen molar-refractivity contribution in [1.82, 2.24) is 0 Å². The third-order valence-corrected chi connectivity index (χ3v) is 4.78. The number of benzene rings is 1. The molecule has 1 aromatic carbocycles. The number of rotatable bonds is 17. The molecule has 3 nitrogen and oxygen atoms in total. The molecule has 1 rings (SSSR count). The van der Waals surface area contributed by atoms with Gasteiger partial charge in [-0.05, 0) is 30.5 Å². The minimum Gasteiger partial charge on any atom is -0.494 e. The molecule has 1 aromatic rings. The van der Waals surface area contributed by atoms with Crippen LogP contribution in [0, 0.1) is 0 Å². The van der Waals surface area contributed by atoms with Gasteiger partial charge in [-0.1, -0.05) is 90.2 Å². The van der Waals surface area contributed by atoms with Crippen LogP contribution in [0.25, 0.3) is 0 Å². The summed E-state index contributed by atoms with van der Waals surface area (Å²) in [5.74, 6) is 0.783. The lowest BCUT2D eigenvalue weighted by molar-refractivity contribution is -0.145. The van der Waals surface area contributed by atoms with Gasteiger partial charge in [0.15, 0.2) is 0 Å². The summed E-state index contributed by atoms with van der Waals surface area (Å²) >= 11 is 0. The molecule has 0 radical (unpaired) electrons. The average Bonchev–Trinajstić information content (AvgIpc) is 2.69. The van der Waals surface area contributed by atoms with Gasteiger partial charge in [-0.3, -0.25) is 4.79 Å². The van der Waals surface area contributed by atoms with Crippen molar-refractivity contribution in [1.29, 1.82) is 0 Å². The molecule has 0 saturated heterocycles. The van der Waals surface area contributed by atoms with Crippen molar-refractivity contribution in [2.75, 3.05) is 6.61 Å². The first kappa shape index (κ1) is 23.5. The second-order valence-corrected chi connectivity index (χ2v) is 7.44. The van der Waals surface area contributed by atoms with Crippen LogP contribution in [0.1, 0.15) is 103 Å². The van der Waals surface area contributed by atoms with E-state index in [2.05, 4.69) is 13.8 Å². The number of carbonyl (C=O) groups is 1. The molecule has 0 aliphatic carbocycles. The van der Waals surface area contributed by atoms with Crippen molar-refractivity contribution < 1.29 is 14.3 Å². The van der Waals surface area contributed by atoms with Crippen LogP contribution in [-0.2, 0) is 16.1 Å². The van der Waals surface area contributed by atoms with E-state index in [0.717, 1.165) is 37.2 Å². The lowest BCUT2D eigenvalue weighted by atomic mass is 10.1. The van der Waals surface area contributed by atoms with Crippen LogP contribution >= 0.6 is 0 Å². The Morgan fingerprint density at radius 3 is 1.85 bits per heavy atom. The molecule has 0 N–H and O–H groups in total. The summed E-state index contributed by atoms with van der Waals surface area (Å²) < 4.78 is 10.9. The van der Waals surface area contributed by atoms with Crippen LogP contribution in [0.15, 0.2) is 24.3 Å². The standard InChI is InChI=1S/C24H40O3/c1-3-5-6-7-8-9-10-11-12-13-14-15-24(25)27-21-22-16-18-23(19-17-22)26-20-4-2/h16-19H,3-15,20-21H2,1-2H3. The molecule has 0 spiro atoms. The van der Waals surface area contributed by atoms with Crippen molar-refractivity contribution in [2.45, 2.75) is 104 Å². The molecule has 154 valence electrons. The van der Waals surface area contributed by atoms with Crippen molar-refractivity contribution in [3.05, 3.63) is 29.8 Å². The molecule has 0 bridgehead atoms. The monoisotopic (exact) mass is 376 g/mol. The fourth-order valence-electron chi connectivity index (χ4n) is 3.07. The van der Waals surface area contributed by atoms with Crippen molar-refractivity contribution in [3.63, 3.8) is 0 Å². The number of hydrogen-bond donors (Lipinski definition) is 0. The normalized spacial score (nSPS) is 10.7. The molecule has 27 heavy (non-hydrogen) atoms. The van der Waals surface area contributed by atoms with Gasteiger partial charge in [0.05, 0.1) is 6.61 Å². The Labute approximate surface area is 166 Å². The Kier molecular flexibility index (Phi) is 14.5. The first-order valence-electron chi connectivity index (χ1n) is 11.1. The van der Waals surface area contributed by atoms with Crippen LogP contribution in [0.5, 0.6) is 5.75 Å². The van der Waals surface area contributed by atoms with Crippen molar-refractivity contribution in [2.24, 2.45) is 0 Å². The predicted molar refractivity (Wildman–Crippen MR) is 113 cm³/mol. The number of hydrogen-bond acceptors (Lipinski definition) is 3. The van der Waals surface area contributed by atoms with Gasteiger partial charge in [0.25, 0.3) is 0 Å². The largest absolute Gasteiger partial charge is 0.494 e. The molecule has 0 amide bonds. The molecule has 0 aliphatic rings. The van der Waals surface area contributed by atoms with Gasteiger partial charge >= 0.3 is 5.97 Å². The molecule has 0 fully saturated rings. The quantitative estimate of drug-likeness (QED) is 0.213.